The lowest BCUT2D eigenvalue weighted by molar-refractivity contribution is 0.0943. The van der Waals surface area contributed by atoms with Crippen LogP contribution in [0, 0.1) is 0 Å². The molecule has 0 aliphatic rings. The molecule has 0 fully saturated rings. The fourth-order valence-corrected chi connectivity index (χ4v) is 1.15. The number of amides is 1. The Morgan fingerprint density at radius 2 is 2.14 bits per heavy atom. The molecule has 70 valence electrons. The van der Waals surface area contributed by atoms with Crippen molar-refractivity contribution in [2.24, 2.45) is 5.84 Å². The fourth-order valence-electron chi connectivity index (χ4n) is 1.15. The first-order valence-electron chi connectivity index (χ1n) is 4.04. The molecule has 0 unspecified atom stereocenters. The van der Waals surface area contributed by atoms with E-state index in [1.165, 1.54) is 0 Å². The van der Waals surface area contributed by atoms with Crippen LogP contribution in [-0.2, 0) is 0 Å². The maximum atomic E-state index is 11.1. The average molecular weight is 188 g/mol. The minimum atomic E-state index is -0.490. The normalized spacial score (nSPS) is 10.1. The highest BCUT2D eigenvalue weighted by Gasteiger charge is 2.06. The highest BCUT2D eigenvalue weighted by Crippen LogP contribution is 2.08. The number of fused-ring (bicyclic) bond motifs is 1. The molecule has 0 saturated heterocycles. The largest absolute Gasteiger partial charge is 0.302 e. The number of hydrogen-bond donors (Lipinski definition) is 2. The lowest BCUT2D eigenvalue weighted by atomic mass is 10.2. The van der Waals surface area contributed by atoms with Crippen LogP contribution in [0.25, 0.3) is 10.9 Å². The van der Waals surface area contributed by atoms with E-state index >= 15 is 0 Å². The lowest BCUT2D eigenvalue weighted by Crippen LogP contribution is -2.31. The van der Waals surface area contributed by atoms with E-state index in [2.05, 4.69) is 9.97 Å². The second-order valence-corrected chi connectivity index (χ2v) is 2.73. The molecule has 3 N–H and O–H groups in total. The van der Waals surface area contributed by atoms with Crippen LogP contribution in [0.2, 0.25) is 0 Å². The Balaban J connectivity index is 2.56. The van der Waals surface area contributed by atoms with Crippen molar-refractivity contribution >= 4 is 16.8 Å². The maximum absolute atomic E-state index is 11.1. The Morgan fingerprint density at radius 1 is 1.36 bits per heavy atom. The molecule has 0 bridgehead atoms. The van der Waals surface area contributed by atoms with Crippen molar-refractivity contribution in [2.75, 3.05) is 0 Å². The number of nitrogens with zero attached hydrogens (tertiary/aromatic N) is 2. The number of hydrazine groups is 1. The minimum absolute atomic E-state index is 0.0752. The fraction of sp³-hybridized carbons (Fsp3) is 0. The summed E-state index contributed by atoms with van der Waals surface area (Å²) in [6, 6.07) is 7.41. The summed E-state index contributed by atoms with van der Waals surface area (Å²) >= 11 is 0. The molecule has 0 spiro atoms. The number of nitrogen functional groups attached to an aromatic ring is 1. The van der Waals surface area contributed by atoms with Crippen LogP contribution in [0.5, 0.6) is 0 Å². The average Bonchev–Trinajstić information content (AvgIpc) is 2.27. The van der Waals surface area contributed by atoms with Gasteiger partial charge in [0, 0.05) is 11.6 Å². The molecular weight excluding hydrogens is 180 g/mol. The zero-order valence-corrected chi connectivity index (χ0v) is 7.27. The molecule has 14 heavy (non-hydrogen) atoms. The summed E-state index contributed by atoms with van der Waals surface area (Å²) in [6.45, 7) is 0. The number of carbonyl (C=O) groups is 1. The van der Waals surface area contributed by atoms with E-state index in [0.29, 0.717) is 0 Å². The predicted octanol–water partition coefficient (Wildman–Crippen LogP) is 0.233. The summed E-state index contributed by atoms with van der Waals surface area (Å²) in [5, 5.41) is 0.890. The molecule has 1 heterocycles. The van der Waals surface area contributed by atoms with Gasteiger partial charge in [0.05, 0.1) is 5.52 Å². The number of rotatable bonds is 1. The molecule has 2 rings (SSSR count). The minimum Gasteiger partial charge on any atom is -0.287 e. The van der Waals surface area contributed by atoms with Crippen LogP contribution in [0.4, 0.5) is 0 Å². The van der Waals surface area contributed by atoms with Crippen molar-refractivity contribution in [1.82, 2.24) is 15.4 Å². The molecule has 2 aromatic rings. The van der Waals surface area contributed by atoms with E-state index in [9.17, 15) is 4.79 Å². The third kappa shape index (κ3) is 1.40. The summed E-state index contributed by atoms with van der Waals surface area (Å²) < 4.78 is 0. The van der Waals surface area contributed by atoms with Crippen molar-refractivity contribution in [2.45, 2.75) is 0 Å². The van der Waals surface area contributed by atoms with Crippen molar-refractivity contribution in [3.63, 3.8) is 0 Å². The SMILES string of the molecule is NNC(=O)c1ncc2ccccc2n1. The topological polar surface area (TPSA) is 80.9 Å². The zero-order valence-electron chi connectivity index (χ0n) is 7.27. The first kappa shape index (κ1) is 8.58. The zero-order chi connectivity index (χ0) is 9.97. The Morgan fingerprint density at radius 3 is 2.93 bits per heavy atom. The number of hydrogen-bond acceptors (Lipinski definition) is 4. The van der Waals surface area contributed by atoms with Crippen LogP contribution >= 0.6 is 0 Å². The van der Waals surface area contributed by atoms with E-state index in [1.54, 1.807) is 6.20 Å². The Bertz CT molecular complexity index is 483. The molecule has 1 aromatic heterocycles. The van der Waals surface area contributed by atoms with Crippen LogP contribution in [0.1, 0.15) is 10.6 Å². The van der Waals surface area contributed by atoms with Crippen molar-refractivity contribution in [1.29, 1.82) is 0 Å². The van der Waals surface area contributed by atoms with Gasteiger partial charge in [-0.15, -0.1) is 0 Å². The number of aromatic nitrogens is 2. The van der Waals surface area contributed by atoms with Crippen LogP contribution in [0.15, 0.2) is 30.5 Å². The van der Waals surface area contributed by atoms with E-state index < -0.39 is 5.91 Å². The monoisotopic (exact) mass is 188 g/mol. The second kappa shape index (κ2) is 3.39. The van der Waals surface area contributed by atoms with Crippen LogP contribution in [0.3, 0.4) is 0 Å². The van der Waals surface area contributed by atoms with Gasteiger partial charge >= 0.3 is 5.91 Å². The molecule has 0 aliphatic carbocycles. The second-order valence-electron chi connectivity index (χ2n) is 2.73. The van der Waals surface area contributed by atoms with Crippen molar-refractivity contribution in [3.05, 3.63) is 36.3 Å². The summed E-state index contributed by atoms with van der Waals surface area (Å²) in [7, 11) is 0. The van der Waals surface area contributed by atoms with Gasteiger partial charge < -0.3 is 0 Å². The Labute approximate surface area is 79.9 Å². The number of benzene rings is 1. The Hall–Kier alpha value is -2.01. The van der Waals surface area contributed by atoms with Crippen molar-refractivity contribution < 1.29 is 4.79 Å². The summed E-state index contributed by atoms with van der Waals surface area (Å²) in [5.41, 5.74) is 2.71. The molecule has 5 heteroatoms. The first-order valence-corrected chi connectivity index (χ1v) is 4.04. The van der Waals surface area contributed by atoms with E-state index in [1.807, 2.05) is 29.7 Å². The number of nitrogens with one attached hydrogen (secondary N) is 1. The van der Waals surface area contributed by atoms with Crippen LogP contribution < -0.4 is 11.3 Å². The predicted molar refractivity (Wildman–Crippen MR) is 51.2 cm³/mol. The van der Waals surface area contributed by atoms with Gasteiger partial charge in [-0.1, -0.05) is 18.2 Å². The summed E-state index contributed by atoms with van der Waals surface area (Å²) in [5.74, 6) is 4.55. The first-order chi connectivity index (χ1) is 6.81. The van der Waals surface area contributed by atoms with E-state index in [4.69, 9.17) is 5.84 Å². The highest BCUT2D eigenvalue weighted by molar-refractivity contribution is 5.92. The molecule has 1 amide bonds. The van der Waals surface area contributed by atoms with Crippen molar-refractivity contribution in [3.8, 4) is 0 Å². The molecule has 0 radical (unpaired) electrons. The van der Waals surface area contributed by atoms with Gasteiger partial charge in [-0.3, -0.25) is 10.2 Å². The van der Waals surface area contributed by atoms with Gasteiger partial charge in [-0.05, 0) is 6.07 Å². The van der Waals surface area contributed by atoms with Gasteiger partial charge in [0.2, 0.25) is 5.82 Å². The quantitative estimate of drug-likeness (QED) is 0.381. The Kier molecular flexibility index (Phi) is 2.08. The van der Waals surface area contributed by atoms with E-state index in [0.717, 1.165) is 10.9 Å². The maximum Gasteiger partial charge on any atom is 0.302 e. The summed E-state index contributed by atoms with van der Waals surface area (Å²) in [4.78, 5) is 19.0. The number of nitrogens with two attached hydrogens (primary N) is 1. The van der Waals surface area contributed by atoms with E-state index in [-0.39, 0.29) is 5.82 Å². The van der Waals surface area contributed by atoms with Gasteiger partial charge in [-0.2, -0.15) is 0 Å². The number of para-hydroxylation sites is 1. The smallest absolute Gasteiger partial charge is 0.287 e. The van der Waals surface area contributed by atoms with Gasteiger partial charge in [0.1, 0.15) is 0 Å². The molecule has 1 aromatic carbocycles. The molecule has 0 saturated carbocycles. The standard InChI is InChI=1S/C9H8N4O/c10-13-9(14)8-11-5-6-3-1-2-4-7(6)12-8/h1-5H,10H2,(H,13,14). The van der Waals surface area contributed by atoms with Gasteiger partial charge in [-0.25, -0.2) is 15.8 Å². The summed E-state index contributed by atoms with van der Waals surface area (Å²) in [6.07, 6.45) is 1.59. The third-order valence-electron chi connectivity index (χ3n) is 1.82. The lowest BCUT2D eigenvalue weighted by Gasteiger charge is -1.99. The third-order valence-corrected chi connectivity index (χ3v) is 1.82. The van der Waals surface area contributed by atoms with Crippen LogP contribution in [-0.4, -0.2) is 15.9 Å². The molecular formula is C9H8N4O. The number of carbonyl (C=O) groups excluding carboxylic acids is 1. The molecule has 5 nitrogen and oxygen atoms in total. The highest BCUT2D eigenvalue weighted by atomic mass is 16.2. The van der Waals surface area contributed by atoms with Gasteiger partial charge in [0.25, 0.3) is 0 Å². The molecule has 0 aliphatic heterocycles. The molecule has 0 atom stereocenters. The van der Waals surface area contributed by atoms with Gasteiger partial charge in [0.15, 0.2) is 0 Å².